The lowest BCUT2D eigenvalue weighted by atomic mass is 9.72. The maximum Gasteiger partial charge on any atom is 0.309 e. The molecule has 39 heavy (non-hydrogen) atoms. The molecule has 0 saturated carbocycles. The van der Waals surface area contributed by atoms with Crippen molar-refractivity contribution in [1.29, 1.82) is 0 Å². The van der Waals surface area contributed by atoms with Gasteiger partial charge in [-0.25, -0.2) is 4.98 Å². The third-order valence-electron chi connectivity index (χ3n) is 8.55. The molecule has 8 atom stereocenters. The van der Waals surface area contributed by atoms with Gasteiger partial charge in [0.05, 0.1) is 35.3 Å². The lowest BCUT2D eigenvalue weighted by molar-refractivity contribution is -0.166. The van der Waals surface area contributed by atoms with E-state index in [0.29, 0.717) is 37.1 Å². The number of hydrogen-bond donors (Lipinski definition) is 4. The molecule has 0 amide bonds. The highest BCUT2D eigenvalue weighted by Crippen LogP contribution is 2.36. The maximum absolute atomic E-state index is 13.3. The molecule has 0 aromatic carbocycles. The number of nitrogens with zero attached hydrogens (tertiary/aromatic N) is 1. The van der Waals surface area contributed by atoms with E-state index in [1.807, 2.05) is 19.2 Å². The molecular weight excluding hydrogens is 520 g/mol. The summed E-state index contributed by atoms with van der Waals surface area (Å²) in [5.74, 6) is -2.41. The number of ether oxygens (including phenoxy) is 2. The van der Waals surface area contributed by atoms with Crippen molar-refractivity contribution in [3.05, 3.63) is 21.7 Å². The minimum absolute atomic E-state index is 0.200. The van der Waals surface area contributed by atoms with E-state index in [4.69, 9.17) is 15.2 Å². The number of hydrogen-bond acceptors (Lipinski definition) is 10. The Kier molecular flexibility index (Phi) is 11.8. The van der Waals surface area contributed by atoms with E-state index in [9.17, 15) is 24.9 Å². The fourth-order valence-corrected chi connectivity index (χ4v) is 5.98. The zero-order valence-corrected chi connectivity index (χ0v) is 25.5. The van der Waals surface area contributed by atoms with Crippen LogP contribution in [0, 0.1) is 23.2 Å². The number of methoxy groups -OCH3 is 1. The zero-order chi connectivity index (χ0) is 29.7. The molecule has 1 saturated heterocycles. The average molecular weight is 569 g/mol. The van der Waals surface area contributed by atoms with E-state index in [1.165, 1.54) is 18.4 Å². The third-order valence-corrected chi connectivity index (χ3v) is 9.44. The third kappa shape index (κ3) is 8.17. The number of cyclic esters (lactones) is 1. The number of carbonyl (C=O) groups excluding carboxylic acids is 2. The molecule has 0 radical (unpaired) electrons. The lowest BCUT2D eigenvalue weighted by Gasteiger charge is -2.40. The van der Waals surface area contributed by atoms with Crippen LogP contribution in [-0.4, -0.2) is 69.2 Å². The number of carbonyl (C=O) groups is 2. The summed E-state index contributed by atoms with van der Waals surface area (Å²) in [6.45, 7) is 12.4. The topological polar surface area (TPSA) is 152 Å². The van der Waals surface area contributed by atoms with Crippen LogP contribution in [0.3, 0.4) is 0 Å². The van der Waals surface area contributed by atoms with Crippen LogP contribution in [0.5, 0.6) is 0 Å². The number of esters is 1. The standard InChI is InChI=1S/C29H48N2O7S/c1-16-10-9-11-29(7,36)19(4)26(37-8)25(17(2)12-20-15-39-22(14-30)31-20)38-23(33)13-21(32)28(5,6)27(35)18(3)24(16)34/h12,15-16,18-19,21,24-26,32,34,36H,9-11,13-14,30H2,1-8H3/b17-12+/t16-,18+,19-,21-,24-,25+,26?,29+/m0/s1. The predicted octanol–water partition coefficient (Wildman–Crippen LogP) is 3.48. The molecule has 222 valence electrons. The SMILES string of the molecule is COC1[C@@H](/C(C)=C/c2csc(CN)n2)OC(=O)C[C@H](O)C(C)(C)C(=O)[C@H](C)[C@@H](O)[C@@H](C)CCC[C@@](C)(O)[C@H]1C. The lowest BCUT2D eigenvalue weighted by Crippen LogP contribution is -2.49. The molecule has 10 heteroatoms. The van der Waals surface area contributed by atoms with E-state index in [-0.39, 0.29) is 11.7 Å². The Bertz CT molecular complexity index is 1010. The molecule has 5 N–H and O–H groups in total. The van der Waals surface area contributed by atoms with Crippen LogP contribution in [-0.2, 0) is 25.6 Å². The highest BCUT2D eigenvalue weighted by atomic mass is 32.1. The number of Topliss-reactive ketones (excluding diaryl/α,β-unsaturated/α-hetero) is 1. The summed E-state index contributed by atoms with van der Waals surface area (Å²) in [6, 6.07) is 0. The van der Waals surface area contributed by atoms with Gasteiger partial charge in [0.1, 0.15) is 23.0 Å². The minimum atomic E-state index is -1.33. The Morgan fingerprint density at radius 3 is 2.46 bits per heavy atom. The maximum atomic E-state index is 13.3. The molecule has 1 aromatic rings. The Morgan fingerprint density at radius 2 is 1.90 bits per heavy atom. The number of aromatic nitrogens is 1. The van der Waals surface area contributed by atoms with Crippen LogP contribution in [0.1, 0.15) is 84.9 Å². The molecule has 2 rings (SSSR count). The molecular formula is C29H48N2O7S. The highest BCUT2D eigenvalue weighted by Gasteiger charge is 2.44. The Hall–Kier alpha value is -1.69. The van der Waals surface area contributed by atoms with Crippen molar-refractivity contribution < 1.29 is 34.4 Å². The smallest absolute Gasteiger partial charge is 0.309 e. The Morgan fingerprint density at radius 1 is 1.26 bits per heavy atom. The van der Waals surface area contributed by atoms with Crippen LogP contribution in [0.25, 0.3) is 6.08 Å². The summed E-state index contributed by atoms with van der Waals surface area (Å²) in [6.07, 6.45) is -0.822. The quantitative estimate of drug-likeness (QED) is 0.400. The zero-order valence-electron chi connectivity index (χ0n) is 24.6. The van der Waals surface area contributed by atoms with Crippen molar-refractivity contribution in [1.82, 2.24) is 4.98 Å². The Labute approximate surface area is 236 Å². The molecule has 1 unspecified atom stereocenters. The van der Waals surface area contributed by atoms with Gasteiger partial charge in [0, 0.05) is 30.9 Å². The molecule has 1 aliphatic heterocycles. The van der Waals surface area contributed by atoms with Crippen molar-refractivity contribution in [3.8, 4) is 0 Å². The normalized spacial score (nSPS) is 36.0. The van der Waals surface area contributed by atoms with Gasteiger partial charge in [0.2, 0.25) is 0 Å². The first-order valence-electron chi connectivity index (χ1n) is 13.7. The molecule has 1 fully saturated rings. The highest BCUT2D eigenvalue weighted by molar-refractivity contribution is 7.09. The van der Waals surface area contributed by atoms with E-state index in [1.54, 1.807) is 40.7 Å². The fraction of sp³-hybridized carbons (Fsp3) is 0.759. The van der Waals surface area contributed by atoms with Crippen molar-refractivity contribution >= 4 is 29.2 Å². The second-order valence-corrected chi connectivity index (χ2v) is 12.9. The van der Waals surface area contributed by atoms with E-state index in [0.717, 1.165) is 5.01 Å². The molecule has 0 bridgehead atoms. The van der Waals surface area contributed by atoms with Gasteiger partial charge in [-0.2, -0.15) is 0 Å². The molecule has 0 aliphatic carbocycles. The number of aliphatic hydroxyl groups excluding tert-OH is 2. The number of rotatable bonds is 4. The van der Waals surface area contributed by atoms with Gasteiger partial charge in [-0.05, 0) is 44.3 Å². The van der Waals surface area contributed by atoms with Crippen LogP contribution >= 0.6 is 11.3 Å². The monoisotopic (exact) mass is 568 g/mol. The van der Waals surface area contributed by atoms with Crippen molar-refractivity contribution in [3.63, 3.8) is 0 Å². The number of aliphatic hydroxyl groups is 3. The fourth-order valence-electron chi connectivity index (χ4n) is 5.35. The van der Waals surface area contributed by atoms with Crippen LogP contribution in [0.4, 0.5) is 0 Å². The number of ketones is 1. The van der Waals surface area contributed by atoms with E-state index in [2.05, 4.69) is 4.98 Å². The summed E-state index contributed by atoms with van der Waals surface area (Å²) in [4.78, 5) is 31.0. The number of nitrogens with two attached hydrogens (primary N) is 1. The molecule has 1 aliphatic rings. The summed E-state index contributed by atoms with van der Waals surface area (Å²) < 4.78 is 11.8. The summed E-state index contributed by atoms with van der Waals surface area (Å²) in [7, 11) is 1.51. The predicted molar refractivity (Wildman–Crippen MR) is 152 cm³/mol. The summed E-state index contributed by atoms with van der Waals surface area (Å²) in [5.41, 5.74) is 4.57. The van der Waals surface area contributed by atoms with Crippen LogP contribution < -0.4 is 5.73 Å². The minimum Gasteiger partial charge on any atom is -0.455 e. The van der Waals surface area contributed by atoms with Gasteiger partial charge >= 0.3 is 5.97 Å². The van der Waals surface area contributed by atoms with Gasteiger partial charge in [0.15, 0.2) is 0 Å². The van der Waals surface area contributed by atoms with Gasteiger partial charge in [0.25, 0.3) is 0 Å². The van der Waals surface area contributed by atoms with Crippen molar-refractivity contribution in [2.24, 2.45) is 28.9 Å². The first-order valence-corrected chi connectivity index (χ1v) is 14.6. The van der Waals surface area contributed by atoms with Crippen LogP contribution in [0.2, 0.25) is 0 Å². The summed E-state index contributed by atoms with van der Waals surface area (Å²) in [5, 5.41) is 36.0. The molecule has 9 nitrogen and oxygen atoms in total. The van der Waals surface area contributed by atoms with Gasteiger partial charge in [-0.15, -0.1) is 11.3 Å². The second-order valence-electron chi connectivity index (χ2n) is 12.0. The first-order chi connectivity index (χ1) is 18.1. The Balaban J connectivity index is 2.52. The largest absolute Gasteiger partial charge is 0.455 e. The molecule has 1 aromatic heterocycles. The van der Waals surface area contributed by atoms with Crippen molar-refractivity contribution in [2.75, 3.05) is 7.11 Å². The summed E-state index contributed by atoms with van der Waals surface area (Å²) >= 11 is 1.43. The van der Waals surface area contributed by atoms with Crippen LogP contribution in [0.15, 0.2) is 11.0 Å². The molecule has 2 heterocycles. The number of thiazole rings is 1. The van der Waals surface area contributed by atoms with Gasteiger partial charge < -0.3 is 30.5 Å². The first kappa shape index (κ1) is 33.5. The van der Waals surface area contributed by atoms with E-state index >= 15 is 0 Å². The average Bonchev–Trinajstić information content (AvgIpc) is 3.33. The molecule has 0 spiro atoms. The van der Waals surface area contributed by atoms with Gasteiger partial charge in [-0.3, -0.25) is 9.59 Å². The van der Waals surface area contributed by atoms with Gasteiger partial charge in [-0.1, -0.05) is 41.0 Å². The van der Waals surface area contributed by atoms with E-state index < -0.39 is 59.7 Å². The second kappa shape index (κ2) is 13.8. The van der Waals surface area contributed by atoms with Crippen molar-refractivity contribution in [2.45, 2.75) is 111 Å².